The van der Waals surface area contributed by atoms with E-state index < -0.39 is 11.7 Å². The summed E-state index contributed by atoms with van der Waals surface area (Å²) < 4.78 is 47.2. The van der Waals surface area contributed by atoms with E-state index >= 15 is 0 Å². The second-order valence-corrected chi connectivity index (χ2v) is 10.1. The van der Waals surface area contributed by atoms with Gasteiger partial charge in [0.2, 0.25) is 0 Å². The zero-order valence-corrected chi connectivity index (χ0v) is 20.1. The van der Waals surface area contributed by atoms with Crippen LogP contribution < -0.4 is 10.6 Å². The Morgan fingerprint density at radius 1 is 1.17 bits per heavy atom. The van der Waals surface area contributed by atoms with Crippen LogP contribution in [0.15, 0.2) is 18.3 Å². The first-order chi connectivity index (χ1) is 16.7. The molecule has 188 valence electrons. The largest absolute Gasteiger partial charge is 0.418 e. The minimum atomic E-state index is -4.48. The lowest BCUT2D eigenvalue weighted by atomic mass is 9.74. The number of alkyl halides is 3. The Morgan fingerprint density at radius 3 is 2.57 bits per heavy atom. The highest BCUT2D eigenvalue weighted by Gasteiger charge is 2.40. The van der Waals surface area contributed by atoms with Crippen molar-refractivity contribution >= 4 is 22.8 Å². The molecule has 3 aromatic heterocycles. The van der Waals surface area contributed by atoms with E-state index in [1.54, 1.807) is 13.2 Å². The molecule has 35 heavy (non-hydrogen) atoms. The number of nitrogens with one attached hydrogen (secondary N) is 1. The van der Waals surface area contributed by atoms with E-state index in [0.29, 0.717) is 29.0 Å². The second kappa shape index (κ2) is 8.96. The van der Waals surface area contributed by atoms with Crippen LogP contribution in [0.1, 0.15) is 62.1 Å². The molecule has 0 aromatic carbocycles. The Balaban J connectivity index is 1.56. The first-order valence-corrected chi connectivity index (χ1v) is 12.1. The van der Waals surface area contributed by atoms with Crippen molar-refractivity contribution in [2.24, 2.45) is 5.41 Å². The molecule has 0 spiro atoms. The smallest absolute Gasteiger partial charge is 0.384 e. The van der Waals surface area contributed by atoms with Crippen LogP contribution in [0.2, 0.25) is 0 Å². The van der Waals surface area contributed by atoms with Gasteiger partial charge in [0.1, 0.15) is 5.52 Å². The normalized spacial score (nSPS) is 18.2. The molecule has 3 aromatic rings. The summed E-state index contributed by atoms with van der Waals surface area (Å²) in [6.07, 6.45) is 4.17. The Hall–Kier alpha value is -2.88. The van der Waals surface area contributed by atoms with Gasteiger partial charge in [-0.15, -0.1) is 0 Å². The molecule has 2 aliphatic rings. The van der Waals surface area contributed by atoms with Crippen molar-refractivity contribution < 1.29 is 17.9 Å². The number of hydrogen-bond donors (Lipinski definition) is 2. The predicted octanol–water partition coefficient (Wildman–Crippen LogP) is 5.53. The number of imidazole rings is 1. The molecule has 3 N–H and O–H groups in total. The zero-order chi connectivity index (χ0) is 24.8. The molecule has 0 atom stereocenters. The second-order valence-electron chi connectivity index (χ2n) is 10.1. The van der Waals surface area contributed by atoms with Crippen molar-refractivity contribution in [3.8, 4) is 11.3 Å². The van der Waals surface area contributed by atoms with Crippen molar-refractivity contribution in [3.05, 3.63) is 29.6 Å². The van der Waals surface area contributed by atoms with E-state index in [1.165, 1.54) is 18.7 Å². The number of pyridine rings is 2. The maximum Gasteiger partial charge on any atom is 0.418 e. The van der Waals surface area contributed by atoms with Gasteiger partial charge in [-0.05, 0) is 37.8 Å². The standard InChI is InChI=1S/C25H31F3N6O/c1-34(13-24(14-35-2)8-4-3-5-9-24)19-11-18(31-22-21(19)32-23(29)33-22)16-10-17(25(26,27)28)20(30-12-16)15-6-7-15/h10-12,15H,3-9,13-14H2,1-2H3,(H3,29,31,32,33). The number of halogens is 3. The van der Waals surface area contributed by atoms with E-state index in [0.717, 1.165) is 50.8 Å². The lowest BCUT2D eigenvalue weighted by Crippen LogP contribution is -2.40. The number of fused-ring (bicyclic) bond motifs is 1. The van der Waals surface area contributed by atoms with Crippen LogP contribution in [0.25, 0.3) is 22.4 Å². The molecule has 2 fully saturated rings. The molecule has 7 nitrogen and oxygen atoms in total. The highest BCUT2D eigenvalue weighted by atomic mass is 19.4. The van der Waals surface area contributed by atoms with Gasteiger partial charge in [-0.3, -0.25) is 4.98 Å². The van der Waals surface area contributed by atoms with Crippen LogP contribution in [-0.2, 0) is 10.9 Å². The van der Waals surface area contributed by atoms with Gasteiger partial charge < -0.3 is 20.4 Å². The number of methoxy groups -OCH3 is 1. The SMILES string of the molecule is COCC1(CN(C)c2cc(-c3cnc(C4CC4)c(C(F)(F)F)c3)nc3nc(N)[nH]c23)CCCCC1. The number of nitrogen functional groups attached to an aromatic ring is 1. The van der Waals surface area contributed by atoms with E-state index in [2.05, 4.69) is 24.8 Å². The third-order valence-corrected chi connectivity index (χ3v) is 7.29. The molecule has 3 heterocycles. The summed E-state index contributed by atoms with van der Waals surface area (Å²) in [7, 11) is 3.71. The van der Waals surface area contributed by atoms with Crippen molar-refractivity contribution in [3.63, 3.8) is 0 Å². The van der Waals surface area contributed by atoms with Crippen LogP contribution in [0.3, 0.4) is 0 Å². The fourth-order valence-corrected chi connectivity index (χ4v) is 5.51. The van der Waals surface area contributed by atoms with Gasteiger partial charge in [-0.25, -0.2) is 4.98 Å². The van der Waals surface area contributed by atoms with E-state index in [1.807, 2.05) is 7.05 Å². The third kappa shape index (κ3) is 4.80. The van der Waals surface area contributed by atoms with Crippen LogP contribution in [0, 0.1) is 5.41 Å². The monoisotopic (exact) mass is 488 g/mol. The van der Waals surface area contributed by atoms with E-state index in [9.17, 15) is 13.2 Å². The summed E-state index contributed by atoms with van der Waals surface area (Å²) in [6.45, 7) is 1.40. The molecule has 0 aliphatic heterocycles. The number of nitrogens with two attached hydrogens (primary N) is 1. The molecule has 0 amide bonds. The topological polar surface area (TPSA) is 92.9 Å². The number of hydrogen-bond acceptors (Lipinski definition) is 6. The molecule has 0 unspecified atom stereocenters. The number of ether oxygens (including phenoxy) is 1. The predicted molar refractivity (Wildman–Crippen MR) is 129 cm³/mol. The van der Waals surface area contributed by atoms with Gasteiger partial charge in [-0.1, -0.05) is 19.3 Å². The molecule has 10 heteroatoms. The summed E-state index contributed by atoms with van der Waals surface area (Å²) >= 11 is 0. The number of aromatic amines is 1. The number of anilines is 2. The molecule has 2 saturated carbocycles. The Bertz CT molecular complexity index is 1210. The van der Waals surface area contributed by atoms with Crippen LogP contribution >= 0.6 is 0 Å². The quantitative estimate of drug-likeness (QED) is 0.454. The number of H-pyrrole nitrogens is 1. The summed E-state index contributed by atoms with van der Waals surface area (Å²) in [4.78, 5) is 18.2. The fourth-order valence-electron chi connectivity index (χ4n) is 5.51. The van der Waals surface area contributed by atoms with Crippen LogP contribution in [0.5, 0.6) is 0 Å². The van der Waals surface area contributed by atoms with Crippen LogP contribution in [0.4, 0.5) is 24.8 Å². The first kappa shape index (κ1) is 23.8. The molecule has 0 radical (unpaired) electrons. The lowest BCUT2D eigenvalue weighted by molar-refractivity contribution is -0.138. The summed E-state index contributed by atoms with van der Waals surface area (Å²) in [5.74, 6) is 0.0955. The number of nitrogens with zero attached hydrogens (tertiary/aromatic N) is 4. The minimum absolute atomic E-state index is 0.0139. The maximum atomic E-state index is 13.9. The Kier molecular flexibility index (Phi) is 6.11. The van der Waals surface area contributed by atoms with E-state index in [-0.39, 0.29) is 23.0 Å². The van der Waals surface area contributed by atoms with Gasteiger partial charge >= 0.3 is 6.18 Å². The van der Waals surface area contributed by atoms with E-state index in [4.69, 9.17) is 10.5 Å². The Morgan fingerprint density at radius 2 is 1.91 bits per heavy atom. The fraction of sp³-hybridized carbons (Fsp3) is 0.560. The number of rotatable bonds is 7. The molecular weight excluding hydrogens is 457 g/mol. The highest BCUT2D eigenvalue weighted by Crippen LogP contribution is 2.46. The minimum Gasteiger partial charge on any atom is -0.384 e. The van der Waals surface area contributed by atoms with Crippen molar-refractivity contribution in [1.82, 2.24) is 19.9 Å². The molecule has 0 saturated heterocycles. The van der Waals surface area contributed by atoms with Crippen molar-refractivity contribution in [1.29, 1.82) is 0 Å². The zero-order valence-electron chi connectivity index (χ0n) is 20.1. The van der Waals surface area contributed by atoms with Gasteiger partial charge in [0.25, 0.3) is 0 Å². The summed E-state index contributed by atoms with van der Waals surface area (Å²) in [5.41, 5.74) is 7.91. The number of aromatic nitrogens is 4. The molecule has 2 aliphatic carbocycles. The van der Waals surface area contributed by atoms with Crippen LogP contribution in [-0.4, -0.2) is 47.2 Å². The van der Waals surface area contributed by atoms with Gasteiger partial charge in [0.05, 0.1) is 29.2 Å². The van der Waals surface area contributed by atoms with Gasteiger partial charge in [0.15, 0.2) is 11.6 Å². The summed E-state index contributed by atoms with van der Waals surface area (Å²) in [6, 6.07) is 2.97. The van der Waals surface area contributed by atoms with Crippen molar-refractivity contribution in [2.75, 3.05) is 37.9 Å². The lowest BCUT2D eigenvalue weighted by Gasteiger charge is -2.40. The average Bonchev–Trinajstić information content (AvgIpc) is 3.58. The van der Waals surface area contributed by atoms with Gasteiger partial charge in [0, 0.05) is 43.8 Å². The maximum absolute atomic E-state index is 13.9. The average molecular weight is 489 g/mol. The van der Waals surface area contributed by atoms with Crippen molar-refractivity contribution in [2.45, 2.75) is 57.0 Å². The third-order valence-electron chi connectivity index (χ3n) is 7.29. The molecule has 0 bridgehead atoms. The molecular formula is C25H31F3N6O. The first-order valence-electron chi connectivity index (χ1n) is 12.1. The highest BCUT2D eigenvalue weighted by molar-refractivity contribution is 5.90. The van der Waals surface area contributed by atoms with Gasteiger partial charge in [-0.2, -0.15) is 18.2 Å². The summed E-state index contributed by atoms with van der Waals surface area (Å²) in [5, 5.41) is 0. The Labute approximate surface area is 202 Å². The molecule has 5 rings (SSSR count).